The fourth-order valence-corrected chi connectivity index (χ4v) is 2.70. The average molecular weight is 289 g/mol. The number of thiophene rings is 1. The van der Waals surface area contributed by atoms with Gasteiger partial charge in [-0.1, -0.05) is 17.7 Å². The lowest BCUT2D eigenvalue weighted by molar-refractivity contribution is 0.470. The molecule has 7 heteroatoms. The van der Waals surface area contributed by atoms with Gasteiger partial charge in [0.25, 0.3) is 5.56 Å². The van der Waals surface area contributed by atoms with Gasteiger partial charge in [-0.15, -0.1) is 11.3 Å². The molecule has 2 aromatic rings. The van der Waals surface area contributed by atoms with Crippen molar-refractivity contribution in [1.82, 2.24) is 9.55 Å². The number of halogens is 2. The Bertz CT molecular complexity index is 663. The van der Waals surface area contributed by atoms with Crippen LogP contribution >= 0.6 is 22.9 Å². The summed E-state index contributed by atoms with van der Waals surface area (Å²) < 4.78 is 14.2. The molecule has 18 heavy (non-hydrogen) atoms. The normalized spacial score (nSPS) is 12.6. The van der Waals surface area contributed by atoms with E-state index in [1.54, 1.807) is 6.92 Å². The Morgan fingerprint density at radius 1 is 1.56 bits per heavy atom. The van der Waals surface area contributed by atoms with Crippen molar-refractivity contribution in [2.24, 2.45) is 0 Å². The van der Waals surface area contributed by atoms with Crippen LogP contribution in [0.15, 0.2) is 27.1 Å². The molecule has 0 amide bonds. The number of aromatic nitrogens is 2. The summed E-state index contributed by atoms with van der Waals surface area (Å²) in [5.74, 6) is -1.13. The van der Waals surface area contributed by atoms with Crippen molar-refractivity contribution in [2.75, 3.05) is 0 Å². The van der Waals surface area contributed by atoms with Crippen molar-refractivity contribution in [2.45, 2.75) is 19.4 Å². The summed E-state index contributed by atoms with van der Waals surface area (Å²) in [7, 11) is 0. The first-order valence-electron chi connectivity index (χ1n) is 5.23. The largest absolute Gasteiger partial charge is 0.329 e. The van der Waals surface area contributed by atoms with E-state index >= 15 is 0 Å². The molecule has 0 aliphatic heterocycles. The van der Waals surface area contributed by atoms with Crippen LogP contribution in [0.2, 0.25) is 5.15 Å². The number of nitrogens with one attached hydrogen (secondary N) is 1. The molecule has 1 atom stereocenters. The number of H-pyrrole nitrogens is 1. The minimum atomic E-state index is -1.13. The van der Waals surface area contributed by atoms with Crippen LogP contribution in [-0.2, 0) is 6.42 Å². The van der Waals surface area contributed by atoms with Crippen LogP contribution in [0.25, 0.3) is 0 Å². The maximum atomic E-state index is 13.4. The molecule has 0 aliphatic rings. The lowest BCUT2D eigenvalue weighted by Crippen LogP contribution is -2.39. The van der Waals surface area contributed by atoms with Gasteiger partial charge in [0.2, 0.25) is 5.82 Å². The predicted octanol–water partition coefficient (Wildman–Crippen LogP) is 2.19. The monoisotopic (exact) mass is 288 g/mol. The van der Waals surface area contributed by atoms with Gasteiger partial charge in [-0.2, -0.15) is 4.39 Å². The Morgan fingerprint density at radius 2 is 2.28 bits per heavy atom. The highest BCUT2D eigenvalue weighted by molar-refractivity contribution is 7.09. The smallest absolute Gasteiger partial charge is 0.295 e. The zero-order valence-corrected chi connectivity index (χ0v) is 11.0. The summed E-state index contributed by atoms with van der Waals surface area (Å²) in [6.07, 6.45) is 0.488. The van der Waals surface area contributed by atoms with Crippen molar-refractivity contribution in [3.8, 4) is 0 Å². The van der Waals surface area contributed by atoms with Crippen LogP contribution in [-0.4, -0.2) is 9.55 Å². The SMILES string of the molecule is CC(Cc1cccs1)n1c(=O)[nH]c(Cl)c(F)c1=O. The van der Waals surface area contributed by atoms with Crippen molar-refractivity contribution < 1.29 is 4.39 Å². The number of hydrogen-bond donors (Lipinski definition) is 1. The topological polar surface area (TPSA) is 54.9 Å². The van der Waals surface area contributed by atoms with Crippen LogP contribution in [0.1, 0.15) is 17.8 Å². The van der Waals surface area contributed by atoms with Crippen LogP contribution < -0.4 is 11.2 Å². The van der Waals surface area contributed by atoms with E-state index in [2.05, 4.69) is 4.98 Å². The molecule has 0 spiro atoms. The first kappa shape index (κ1) is 13.0. The maximum absolute atomic E-state index is 13.4. The van der Waals surface area contributed by atoms with Gasteiger partial charge in [-0.05, 0) is 18.4 Å². The molecule has 1 unspecified atom stereocenters. The van der Waals surface area contributed by atoms with Crippen molar-refractivity contribution in [3.05, 3.63) is 54.2 Å². The molecule has 2 rings (SSSR count). The van der Waals surface area contributed by atoms with Crippen molar-refractivity contribution in [1.29, 1.82) is 0 Å². The minimum absolute atomic E-state index is 0.438. The van der Waals surface area contributed by atoms with Crippen molar-refractivity contribution >= 4 is 22.9 Å². The summed E-state index contributed by atoms with van der Waals surface area (Å²) >= 11 is 6.91. The van der Waals surface area contributed by atoms with Gasteiger partial charge in [0.15, 0.2) is 5.15 Å². The van der Waals surface area contributed by atoms with Gasteiger partial charge in [0, 0.05) is 17.3 Å². The Kier molecular flexibility index (Phi) is 3.68. The molecule has 0 saturated carbocycles. The second-order valence-electron chi connectivity index (χ2n) is 3.87. The third-order valence-corrected chi connectivity index (χ3v) is 3.71. The maximum Gasteiger partial charge on any atom is 0.329 e. The van der Waals surface area contributed by atoms with Gasteiger partial charge in [0.1, 0.15) is 0 Å². The molecular weight excluding hydrogens is 279 g/mol. The van der Waals surface area contributed by atoms with Gasteiger partial charge in [0.05, 0.1) is 0 Å². The summed E-state index contributed by atoms with van der Waals surface area (Å²) in [6.45, 7) is 1.68. The van der Waals surface area contributed by atoms with E-state index in [9.17, 15) is 14.0 Å². The number of aromatic amines is 1. The molecule has 0 fully saturated rings. The van der Waals surface area contributed by atoms with Gasteiger partial charge < -0.3 is 0 Å². The molecule has 0 aliphatic carbocycles. The molecule has 0 saturated heterocycles. The van der Waals surface area contributed by atoms with Crippen LogP contribution in [0.4, 0.5) is 4.39 Å². The molecule has 2 aromatic heterocycles. The average Bonchev–Trinajstić information content (AvgIpc) is 2.78. The van der Waals surface area contributed by atoms with E-state index in [1.165, 1.54) is 11.3 Å². The molecule has 0 radical (unpaired) electrons. The van der Waals surface area contributed by atoms with E-state index in [1.807, 2.05) is 17.5 Å². The Balaban J connectivity index is 2.42. The molecule has 96 valence electrons. The van der Waals surface area contributed by atoms with E-state index in [4.69, 9.17) is 11.6 Å². The number of hydrogen-bond acceptors (Lipinski definition) is 3. The van der Waals surface area contributed by atoms with Gasteiger partial charge >= 0.3 is 5.69 Å². The lowest BCUT2D eigenvalue weighted by Gasteiger charge is -2.13. The number of nitrogens with zero attached hydrogens (tertiary/aromatic N) is 1. The summed E-state index contributed by atoms with van der Waals surface area (Å²) in [5.41, 5.74) is -1.69. The highest BCUT2D eigenvalue weighted by Crippen LogP contribution is 2.16. The van der Waals surface area contributed by atoms with E-state index in [-0.39, 0.29) is 0 Å². The highest BCUT2D eigenvalue weighted by Gasteiger charge is 2.17. The van der Waals surface area contributed by atoms with E-state index in [0.29, 0.717) is 6.42 Å². The first-order valence-corrected chi connectivity index (χ1v) is 6.48. The van der Waals surface area contributed by atoms with Crippen LogP contribution in [0.5, 0.6) is 0 Å². The van der Waals surface area contributed by atoms with E-state index in [0.717, 1.165) is 9.44 Å². The molecule has 1 N–H and O–H groups in total. The third-order valence-electron chi connectivity index (χ3n) is 2.55. The fourth-order valence-electron chi connectivity index (χ4n) is 1.71. The second kappa shape index (κ2) is 5.07. The van der Waals surface area contributed by atoms with Crippen LogP contribution in [0, 0.1) is 5.82 Å². The van der Waals surface area contributed by atoms with Gasteiger partial charge in [-0.25, -0.2) is 4.79 Å². The number of rotatable bonds is 3. The van der Waals surface area contributed by atoms with Gasteiger partial charge in [-0.3, -0.25) is 14.3 Å². The Labute approximate surface area is 111 Å². The predicted molar refractivity (Wildman–Crippen MR) is 69.0 cm³/mol. The second-order valence-corrected chi connectivity index (χ2v) is 5.28. The molecule has 0 bridgehead atoms. The van der Waals surface area contributed by atoms with Crippen LogP contribution in [0.3, 0.4) is 0 Å². The third kappa shape index (κ3) is 2.39. The first-order chi connectivity index (χ1) is 8.50. The summed E-state index contributed by atoms with van der Waals surface area (Å²) in [6, 6.07) is 3.33. The fraction of sp³-hybridized carbons (Fsp3) is 0.273. The Morgan fingerprint density at radius 3 is 2.89 bits per heavy atom. The standard InChI is InChI=1S/C11H10ClFN2O2S/c1-6(5-7-3-2-4-18-7)15-10(16)8(13)9(12)14-11(15)17/h2-4,6H,5H2,1H3,(H,14,17). The zero-order valence-electron chi connectivity index (χ0n) is 9.44. The minimum Gasteiger partial charge on any atom is -0.295 e. The molecule has 2 heterocycles. The summed E-state index contributed by atoms with van der Waals surface area (Å²) in [5, 5.41) is 1.35. The molecular formula is C11H10ClFN2O2S. The van der Waals surface area contributed by atoms with Crippen molar-refractivity contribution in [3.63, 3.8) is 0 Å². The highest BCUT2D eigenvalue weighted by atomic mass is 35.5. The van der Waals surface area contributed by atoms with E-state index < -0.39 is 28.3 Å². The lowest BCUT2D eigenvalue weighted by atomic mass is 10.2. The molecule has 4 nitrogen and oxygen atoms in total. The quantitative estimate of drug-likeness (QED) is 0.880. The Hall–Kier alpha value is -1.40. The summed E-state index contributed by atoms with van der Waals surface area (Å²) in [4.78, 5) is 26.4. The zero-order chi connectivity index (χ0) is 13.3. The molecule has 0 aromatic carbocycles.